The van der Waals surface area contributed by atoms with Gasteiger partial charge in [-0.05, 0) is 66.9 Å². The van der Waals surface area contributed by atoms with Crippen LogP contribution in [0.1, 0.15) is 92.2 Å². The number of benzene rings is 1. The zero-order chi connectivity index (χ0) is 24.8. The minimum Gasteiger partial charge on any atom is -0.444 e. The number of nitrogens with zero attached hydrogens (tertiary/aromatic N) is 1. The number of carbonyl (C=O) groups is 3. The van der Waals surface area contributed by atoms with Gasteiger partial charge in [-0.3, -0.25) is 9.59 Å². The molecular formula is C26H41N3O4. The summed E-state index contributed by atoms with van der Waals surface area (Å²) in [4.78, 5) is 41.2. The van der Waals surface area contributed by atoms with Crippen LogP contribution in [0.25, 0.3) is 0 Å². The van der Waals surface area contributed by atoms with E-state index in [1.54, 1.807) is 32.6 Å². The molecule has 3 amide bonds. The Morgan fingerprint density at radius 1 is 0.970 bits per heavy atom. The lowest BCUT2D eigenvalue weighted by Gasteiger charge is -2.43. The number of rotatable bonds is 6. The van der Waals surface area contributed by atoms with Gasteiger partial charge in [0.25, 0.3) is 0 Å². The monoisotopic (exact) mass is 459 g/mol. The molecular weight excluding hydrogens is 418 g/mol. The first-order valence-corrected chi connectivity index (χ1v) is 12.0. The van der Waals surface area contributed by atoms with Crippen molar-refractivity contribution in [3.05, 3.63) is 35.9 Å². The fourth-order valence-electron chi connectivity index (χ4n) is 4.18. The number of nitrogens with one attached hydrogen (secondary N) is 2. The zero-order valence-electron chi connectivity index (χ0n) is 21.2. The number of hydrogen-bond acceptors (Lipinski definition) is 4. The predicted molar refractivity (Wildman–Crippen MR) is 130 cm³/mol. The molecule has 0 spiro atoms. The third kappa shape index (κ3) is 8.06. The van der Waals surface area contributed by atoms with Gasteiger partial charge in [-0.15, -0.1) is 0 Å². The smallest absolute Gasteiger partial charge is 0.408 e. The Kier molecular flexibility index (Phi) is 8.92. The highest BCUT2D eigenvalue weighted by Gasteiger charge is 2.41. The van der Waals surface area contributed by atoms with Gasteiger partial charge < -0.3 is 20.3 Å². The average Bonchev–Trinajstić information content (AvgIpc) is 2.70. The first kappa shape index (κ1) is 26.7. The van der Waals surface area contributed by atoms with E-state index in [4.69, 9.17) is 4.74 Å². The Morgan fingerprint density at radius 3 is 2.06 bits per heavy atom. The number of ether oxygens (including phenoxy) is 1. The fourth-order valence-corrected chi connectivity index (χ4v) is 4.18. The van der Waals surface area contributed by atoms with Crippen LogP contribution < -0.4 is 10.6 Å². The van der Waals surface area contributed by atoms with Crippen molar-refractivity contribution in [2.45, 2.75) is 110 Å². The van der Waals surface area contributed by atoms with Crippen molar-refractivity contribution in [1.29, 1.82) is 0 Å². The Labute approximate surface area is 198 Å². The van der Waals surface area contributed by atoms with Crippen LogP contribution in [0.4, 0.5) is 4.79 Å². The standard InChI is InChI=1S/C26H41N3O4/c1-18(27-24(32)33-26(5,6)7)23(31)29(25(2,3)4)21(19-14-10-8-11-15-19)22(30)28-20-16-12-9-13-17-20/h8,10-11,14-15,18,20-21H,9,12-13,16-17H2,1-7H3,(H,27,32)(H,28,30). The molecule has 1 aromatic carbocycles. The first-order valence-electron chi connectivity index (χ1n) is 12.0. The lowest BCUT2D eigenvalue weighted by Crippen LogP contribution is -2.58. The van der Waals surface area contributed by atoms with Crippen LogP contribution in [-0.2, 0) is 14.3 Å². The van der Waals surface area contributed by atoms with Crippen LogP contribution in [0.15, 0.2) is 30.3 Å². The van der Waals surface area contributed by atoms with E-state index in [-0.39, 0.29) is 17.9 Å². The molecule has 184 valence electrons. The number of carbonyl (C=O) groups excluding carboxylic acids is 3. The van der Waals surface area contributed by atoms with Gasteiger partial charge in [0, 0.05) is 11.6 Å². The molecule has 0 aliphatic heterocycles. The largest absolute Gasteiger partial charge is 0.444 e. The maximum atomic E-state index is 13.7. The number of alkyl carbamates (subject to hydrolysis) is 1. The summed E-state index contributed by atoms with van der Waals surface area (Å²) in [5, 5.41) is 5.82. The van der Waals surface area contributed by atoms with E-state index in [2.05, 4.69) is 10.6 Å². The normalized spacial score (nSPS) is 16.9. The summed E-state index contributed by atoms with van der Waals surface area (Å²) in [5.41, 5.74) is -0.618. The van der Waals surface area contributed by atoms with Gasteiger partial charge >= 0.3 is 6.09 Å². The van der Waals surface area contributed by atoms with Gasteiger partial charge in [0.15, 0.2) is 0 Å². The molecule has 2 unspecified atom stereocenters. The van der Waals surface area contributed by atoms with E-state index in [1.807, 2.05) is 51.1 Å². The Hall–Kier alpha value is -2.57. The third-order valence-corrected chi connectivity index (χ3v) is 5.64. The Balaban J connectivity index is 2.34. The topological polar surface area (TPSA) is 87.7 Å². The summed E-state index contributed by atoms with van der Waals surface area (Å²) in [6.45, 7) is 12.6. The highest BCUT2D eigenvalue weighted by molar-refractivity contribution is 5.92. The minimum atomic E-state index is -0.868. The molecule has 1 aliphatic carbocycles. The van der Waals surface area contributed by atoms with Crippen molar-refractivity contribution >= 4 is 17.9 Å². The Morgan fingerprint density at radius 2 is 1.55 bits per heavy atom. The SMILES string of the molecule is CC(NC(=O)OC(C)(C)C)C(=O)N(C(C(=O)NC1CCCCC1)c1ccccc1)C(C)(C)C. The molecule has 2 rings (SSSR count). The van der Waals surface area contributed by atoms with E-state index in [0.717, 1.165) is 31.2 Å². The average molecular weight is 460 g/mol. The molecule has 1 fully saturated rings. The van der Waals surface area contributed by atoms with Gasteiger partial charge in [0.1, 0.15) is 17.7 Å². The second-order valence-corrected chi connectivity index (χ2v) is 10.9. The second-order valence-electron chi connectivity index (χ2n) is 10.9. The maximum Gasteiger partial charge on any atom is 0.408 e. The van der Waals surface area contributed by atoms with E-state index in [1.165, 1.54) is 6.42 Å². The van der Waals surface area contributed by atoms with E-state index < -0.39 is 29.3 Å². The van der Waals surface area contributed by atoms with Crippen molar-refractivity contribution in [1.82, 2.24) is 15.5 Å². The molecule has 1 saturated carbocycles. The molecule has 0 bridgehead atoms. The zero-order valence-corrected chi connectivity index (χ0v) is 21.2. The summed E-state index contributed by atoms with van der Waals surface area (Å²) in [6.07, 6.45) is 4.62. The number of hydrogen-bond donors (Lipinski definition) is 2. The van der Waals surface area contributed by atoms with Gasteiger partial charge in [0.05, 0.1) is 0 Å². The lowest BCUT2D eigenvalue weighted by molar-refractivity contribution is -0.148. The molecule has 0 saturated heterocycles. The van der Waals surface area contributed by atoms with Crippen LogP contribution >= 0.6 is 0 Å². The highest BCUT2D eigenvalue weighted by atomic mass is 16.6. The van der Waals surface area contributed by atoms with Crippen molar-refractivity contribution < 1.29 is 19.1 Å². The lowest BCUT2D eigenvalue weighted by atomic mass is 9.93. The summed E-state index contributed by atoms with van der Waals surface area (Å²) in [7, 11) is 0. The van der Waals surface area contributed by atoms with Gasteiger partial charge in [-0.25, -0.2) is 4.79 Å². The molecule has 33 heavy (non-hydrogen) atoms. The molecule has 7 nitrogen and oxygen atoms in total. The van der Waals surface area contributed by atoms with Crippen LogP contribution in [0.3, 0.4) is 0 Å². The fraction of sp³-hybridized carbons (Fsp3) is 0.654. The van der Waals surface area contributed by atoms with E-state index >= 15 is 0 Å². The molecule has 2 N–H and O–H groups in total. The molecule has 2 atom stereocenters. The quantitative estimate of drug-likeness (QED) is 0.644. The minimum absolute atomic E-state index is 0.117. The van der Waals surface area contributed by atoms with Gasteiger partial charge in [-0.2, -0.15) is 0 Å². The van der Waals surface area contributed by atoms with E-state index in [0.29, 0.717) is 0 Å². The molecule has 7 heteroatoms. The van der Waals surface area contributed by atoms with Crippen LogP contribution in [-0.4, -0.2) is 46.0 Å². The van der Waals surface area contributed by atoms with Crippen LogP contribution in [0.5, 0.6) is 0 Å². The third-order valence-electron chi connectivity index (χ3n) is 5.64. The molecule has 1 aliphatic rings. The maximum absolute atomic E-state index is 13.7. The molecule has 0 heterocycles. The van der Waals surface area contributed by atoms with Gasteiger partial charge in [-0.1, -0.05) is 49.6 Å². The summed E-state index contributed by atoms with van der Waals surface area (Å²) in [6, 6.07) is 7.78. The van der Waals surface area contributed by atoms with Crippen molar-refractivity contribution in [2.75, 3.05) is 0 Å². The highest BCUT2D eigenvalue weighted by Crippen LogP contribution is 2.30. The van der Waals surface area contributed by atoms with Crippen LogP contribution in [0.2, 0.25) is 0 Å². The Bertz CT molecular complexity index is 805. The molecule has 0 aromatic heterocycles. The van der Waals surface area contributed by atoms with E-state index in [9.17, 15) is 14.4 Å². The van der Waals surface area contributed by atoms with Crippen molar-refractivity contribution in [3.8, 4) is 0 Å². The summed E-state index contributed by atoms with van der Waals surface area (Å²) in [5.74, 6) is -0.540. The summed E-state index contributed by atoms with van der Waals surface area (Å²) < 4.78 is 5.32. The van der Waals surface area contributed by atoms with Crippen LogP contribution in [0, 0.1) is 0 Å². The second kappa shape index (κ2) is 11.0. The van der Waals surface area contributed by atoms with Crippen molar-refractivity contribution in [3.63, 3.8) is 0 Å². The number of amides is 3. The first-order chi connectivity index (χ1) is 15.3. The molecule has 1 aromatic rings. The van der Waals surface area contributed by atoms with Gasteiger partial charge in [0.2, 0.25) is 11.8 Å². The predicted octanol–water partition coefficient (Wildman–Crippen LogP) is 4.72. The summed E-state index contributed by atoms with van der Waals surface area (Å²) >= 11 is 0. The van der Waals surface area contributed by atoms with Crippen molar-refractivity contribution in [2.24, 2.45) is 0 Å². The molecule has 0 radical (unpaired) electrons.